The molecule has 0 aliphatic rings. The van der Waals surface area contributed by atoms with Crippen LogP contribution in [-0.4, -0.2) is 42.2 Å². The second kappa shape index (κ2) is 12.5. The molecule has 0 aliphatic carbocycles. The largest absolute Gasteiger partial charge is 0.445 e. The molecule has 0 saturated heterocycles. The predicted molar refractivity (Wildman–Crippen MR) is 127 cm³/mol. The van der Waals surface area contributed by atoms with Crippen LogP contribution in [0.5, 0.6) is 0 Å². The Bertz CT molecular complexity index is 925. The highest BCUT2D eigenvalue weighted by Crippen LogP contribution is 2.15. The molecular formula is C25H33N3O5. The van der Waals surface area contributed by atoms with Gasteiger partial charge in [-0.3, -0.25) is 4.79 Å². The number of amides is 3. The van der Waals surface area contributed by atoms with Crippen LogP contribution >= 0.6 is 0 Å². The van der Waals surface area contributed by atoms with Gasteiger partial charge in [-0.25, -0.2) is 9.59 Å². The molecule has 178 valence electrons. The van der Waals surface area contributed by atoms with Crippen LogP contribution in [0, 0.1) is 0 Å². The van der Waals surface area contributed by atoms with Crippen LogP contribution in [-0.2, 0) is 27.4 Å². The molecule has 8 heteroatoms. The van der Waals surface area contributed by atoms with Crippen molar-refractivity contribution in [3.63, 3.8) is 0 Å². The van der Waals surface area contributed by atoms with E-state index in [0.29, 0.717) is 25.2 Å². The van der Waals surface area contributed by atoms with Crippen molar-refractivity contribution >= 4 is 23.8 Å². The fourth-order valence-electron chi connectivity index (χ4n) is 2.86. The van der Waals surface area contributed by atoms with E-state index >= 15 is 0 Å². The number of rotatable bonds is 9. The Morgan fingerprint density at radius 1 is 0.970 bits per heavy atom. The smallest absolute Gasteiger partial charge is 0.410 e. The zero-order valence-corrected chi connectivity index (χ0v) is 19.7. The SMILES string of the molecule is CN(Cc1cccc(NC(=O)CCCNC(=O)OCc2ccccc2)c1)C(=O)OC(C)(C)C. The van der Waals surface area contributed by atoms with Gasteiger partial charge in [0, 0.05) is 32.2 Å². The Hall–Kier alpha value is -3.55. The Morgan fingerprint density at radius 2 is 1.67 bits per heavy atom. The minimum absolute atomic E-state index is 0.160. The van der Waals surface area contributed by atoms with E-state index in [0.717, 1.165) is 11.1 Å². The minimum atomic E-state index is -0.561. The lowest BCUT2D eigenvalue weighted by molar-refractivity contribution is -0.116. The molecule has 2 N–H and O–H groups in total. The Labute approximate surface area is 195 Å². The van der Waals surface area contributed by atoms with Gasteiger partial charge in [-0.1, -0.05) is 42.5 Å². The van der Waals surface area contributed by atoms with E-state index in [9.17, 15) is 14.4 Å². The summed E-state index contributed by atoms with van der Waals surface area (Å²) in [4.78, 5) is 37.6. The van der Waals surface area contributed by atoms with E-state index in [-0.39, 0.29) is 18.9 Å². The van der Waals surface area contributed by atoms with Crippen molar-refractivity contribution in [1.82, 2.24) is 10.2 Å². The first-order valence-electron chi connectivity index (χ1n) is 10.9. The molecule has 0 unspecified atom stereocenters. The van der Waals surface area contributed by atoms with Gasteiger partial charge in [-0.15, -0.1) is 0 Å². The molecule has 0 bridgehead atoms. The Kier molecular flexibility index (Phi) is 9.72. The number of nitrogens with zero attached hydrogens (tertiary/aromatic N) is 1. The molecular weight excluding hydrogens is 422 g/mol. The number of anilines is 1. The molecule has 0 radical (unpaired) electrons. The summed E-state index contributed by atoms with van der Waals surface area (Å²) in [5.74, 6) is -0.160. The first-order valence-corrected chi connectivity index (χ1v) is 10.9. The van der Waals surface area contributed by atoms with Gasteiger partial charge in [0.1, 0.15) is 12.2 Å². The predicted octanol–water partition coefficient (Wildman–Crippen LogP) is 4.70. The summed E-state index contributed by atoms with van der Waals surface area (Å²) in [6.07, 6.45) is -0.193. The average molecular weight is 456 g/mol. The van der Waals surface area contributed by atoms with Crippen molar-refractivity contribution in [3.05, 3.63) is 65.7 Å². The van der Waals surface area contributed by atoms with Crippen LogP contribution in [0.15, 0.2) is 54.6 Å². The molecule has 3 amide bonds. The third-order valence-corrected chi connectivity index (χ3v) is 4.40. The fraction of sp³-hybridized carbons (Fsp3) is 0.400. The lowest BCUT2D eigenvalue weighted by Gasteiger charge is -2.24. The van der Waals surface area contributed by atoms with Gasteiger partial charge < -0.3 is 25.0 Å². The van der Waals surface area contributed by atoms with Gasteiger partial charge in [0.15, 0.2) is 0 Å². The Morgan fingerprint density at radius 3 is 2.36 bits per heavy atom. The number of nitrogens with one attached hydrogen (secondary N) is 2. The van der Waals surface area contributed by atoms with Gasteiger partial charge >= 0.3 is 12.2 Å². The van der Waals surface area contributed by atoms with Crippen molar-refractivity contribution in [3.8, 4) is 0 Å². The highest BCUT2D eigenvalue weighted by Gasteiger charge is 2.19. The number of hydrogen-bond acceptors (Lipinski definition) is 5. The summed E-state index contributed by atoms with van der Waals surface area (Å²) in [7, 11) is 1.66. The first kappa shape index (κ1) is 25.7. The molecule has 0 spiro atoms. The zero-order chi connectivity index (χ0) is 24.3. The standard InChI is InChI=1S/C25H33N3O5/c1-25(2,3)33-24(31)28(4)17-20-12-8-13-21(16-20)27-22(29)14-9-15-26-23(30)32-18-19-10-6-5-7-11-19/h5-8,10-13,16H,9,14-15,17-18H2,1-4H3,(H,26,30)(H,27,29). The maximum atomic E-state index is 12.2. The second-order valence-electron chi connectivity index (χ2n) is 8.68. The fourth-order valence-corrected chi connectivity index (χ4v) is 2.86. The molecule has 33 heavy (non-hydrogen) atoms. The van der Waals surface area contributed by atoms with Crippen LogP contribution in [0.4, 0.5) is 15.3 Å². The monoisotopic (exact) mass is 455 g/mol. The molecule has 0 saturated carbocycles. The molecule has 0 fully saturated rings. The van der Waals surface area contributed by atoms with Crippen LogP contribution < -0.4 is 10.6 Å². The number of carbonyl (C=O) groups is 3. The Balaban J connectivity index is 1.69. The number of hydrogen-bond donors (Lipinski definition) is 2. The van der Waals surface area contributed by atoms with Gasteiger partial charge in [0.05, 0.1) is 0 Å². The maximum Gasteiger partial charge on any atom is 0.410 e. The van der Waals surface area contributed by atoms with Crippen molar-refractivity contribution in [1.29, 1.82) is 0 Å². The molecule has 0 atom stereocenters. The highest BCUT2D eigenvalue weighted by molar-refractivity contribution is 5.90. The molecule has 0 aromatic heterocycles. The lowest BCUT2D eigenvalue weighted by Crippen LogP contribution is -2.33. The number of benzene rings is 2. The van der Waals surface area contributed by atoms with E-state index in [4.69, 9.17) is 9.47 Å². The summed E-state index contributed by atoms with van der Waals surface area (Å²) in [6, 6.07) is 16.7. The normalized spacial score (nSPS) is 10.8. The second-order valence-corrected chi connectivity index (χ2v) is 8.68. The van der Waals surface area contributed by atoms with Gasteiger partial charge in [-0.05, 0) is 50.5 Å². The zero-order valence-electron chi connectivity index (χ0n) is 19.7. The van der Waals surface area contributed by atoms with Crippen molar-refractivity contribution < 1.29 is 23.9 Å². The summed E-state index contributed by atoms with van der Waals surface area (Å²) >= 11 is 0. The van der Waals surface area contributed by atoms with Crippen LogP contribution in [0.3, 0.4) is 0 Å². The average Bonchev–Trinajstić information content (AvgIpc) is 2.75. The van der Waals surface area contributed by atoms with E-state index in [2.05, 4.69) is 10.6 Å². The van der Waals surface area contributed by atoms with E-state index in [1.54, 1.807) is 13.1 Å². The van der Waals surface area contributed by atoms with Crippen molar-refractivity contribution in [2.24, 2.45) is 0 Å². The number of carbonyl (C=O) groups excluding carboxylic acids is 3. The summed E-state index contributed by atoms with van der Waals surface area (Å²) in [6.45, 7) is 6.34. The van der Waals surface area contributed by atoms with E-state index < -0.39 is 17.8 Å². The highest BCUT2D eigenvalue weighted by atomic mass is 16.6. The van der Waals surface area contributed by atoms with Crippen LogP contribution in [0.2, 0.25) is 0 Å². The van der Waals surface area contributed by atoms with E-state index in [1.807, 2.05) is 69.3 Å². The third kappa shape index (κ3) is 10.5. The molecule has 0 heterocycles. The molecule has 2 rings (SSSR count). The summed E-state index contributed by atoms with van der Waals surface area (Å²) < 4.78 is 10.5. The maximum absolute atomic E-state index is 12.2. The topological polar surface area (TPSA) is 97.0 Å². The lowest BCUT2D eigenvalue weighted by atomic mass is 10.2. The molecule has 2 aromatic carbocycles. The number of alkyl carbamates (subject to hydrolysis) is 1. The molecule has 8 nitrogen and oxygen atoms in total. The van der Waals surface area contributed by atoms with Gasteiger partial charge in [0.2, 0.25) is 5.91 Å². The van der Waals surface area contributed by atoms with Crippen molar-refractivity contribution in [2.75, 3.05) is 18.9 Å². The first-order chi connectivity index (χ1) is 15.6. The van der Waals surface area contributed by atoms with Gasteiger partial charge in [0.25, 0.3) is 0 Å². The molecule has 0 aliphatic heterocycles. The summed E-state index contributed by atoms with van der Waals surface area (Å²) in [5, 5.41) is 5.48. The minimum Gasteiger partial charge on any atom is -0.445 e. The van der Waals surface area contributed by atoms with Crippen LogP contribution in [0.1, 0.15) is 44.7 Å². The van der Waals surface area contributed by atoms with Crippen molar-refractivity contribution in [2.45, 2.75) is 52.4 Å². The van der Waals surface area contributed by atoms with E-state index in [1.165, 1.54) is 4.90 Å². The third-order valence-electron chi connectivity index (χ3n) is 4.40. The summed E-state index contributed by atoms with van der Waals surface area (Å²) in [5.41, 5.74) is 1.86. The van der Waals surface area contributed by atoms with Crippen LogP contribution in [0.25, 0.3) is 0 Å². The number of ether oxygens (including phenoxy) is 2. The van der Waals surface area contributed by atoms with Gasteiger partial charge in [-0.2, -0.15) is 0 Å². The molecule has 2 aromatic rings. The quantitative estimate of drug-likeness (QED) is 0.534.